The lowest BCUT2D eigenvalue weighted by Crippen LogP contribution is -2.25. The number of nitrogens with zero attached hydrogens (tertiary/aromatic N) is 1. The molecule has 0 aliphatic carbocycles. The zero-order valence-electron chi connectivity index (χ0n) is 11.8. The van der Waals surface area contributed by atoms with Gasteiger partial charge in [-0.3, -0.25) is 0 Å². The largest absolute Gasteiger partial charge is 0.447 e. The van der Waals surface area contributed by atoms with Gasteiger partial charge in [0, 0.05) is 18.5 Å². The van der Waals surface area contributed by atoms with Crippen molar-refractivity contribution < 1.29 is 12.8 Å². The molecule has 2 heterocycles. The smallest absolute Gasteiger partial charge is 0.276 e. The maximum Gasteiger partial charge on any atom is 0.276 e. The lowest BCUT2D eigenvalue weighted by molar-refractivity contribution is 0.381. The Bertz CT molecular complexity index is 694. The SMILES string of the molecule is CCNCc1ccc(S(=O)(=O)N(C)Cc2ccc(Cl)s2)o1. The molecular weight excluding hydrogens is 332 g/mol. The molecule has 0 aliphatic heterocycles. The molecule has 2 aromatic rings. The second-order valence-electron chi connectivity index (χ2n) is 4.47. The molecule has 5 nitrogen and oxygen atoms in total. The molecule has 0 unspecified atom stereocenters. The molecule has 1 N–H and O–H groups in total. The van der Waals surface area contributed by atoms with Gasteiger partial charge >= 0.3 is 0 Å². The average Bonchev–Trinajstić information content (AvgIpc) is 3.06. The van der Waals surface area contributed by atoms with Crippen molar-refractivity contribution in [2.75, 3.05) is 13.6 Å². The van der Waals surface area contributed by atoms with E-state index in [2.05, 4.69) is 5.32 Å². The van der Waals surface area contributed by atoms with Gasteiger partial charge in [-0.1, -0.05) is 18.5 Å². The highest BCUT2D eigenvalue weighted by Crippen LogP contribution is 2.25. The molecule has 0 radical (unpaired) electrons. The number of furan rings is 1. The second kappa shape index (κ2) is 6.93. The number of hydrogen-bond donors (Lipinski definition) is 1. The van der Waals surface area contributed by atoms with Crippen LogP contribution in [0.15, 0.2) is 33.8 Å². The third-order valence-electron chi connectivity index (χ3n) is 2.86. The van der Waals surface area contributed by atoms with Gasteiger partial charge in [0.1, 0.15) is 5.76 Å². The van der Waals surface area contributed by atoms with Crippen LogP contribution in [0.3, 0.4) is 0 Å². The van der Waals surface area contributed by atoms with Crippen LogP contribution in [0.25, 0.3) is 0 Å². The summed E-state index contributed by atoms with van der Waals surface area (Å²) in [4.78, 5) is 0.880. The summed E-state index contributed by atoms with van der Waals surface area (Å²) in [5, 5.41) is 3.04. The van der Waals surface area contributed by atoms with E-state index < -0.39 is 10.0 Å². The van der Waals surface area contributed by atoms with Crippen molar-refractivity contribution in [2.45, 2.75) is 25.1 Å². The lowest BCUT2D eigenvalue weighted by atomic mass is 10.4. The molecule has 116 valence electrons. The van der Waals surface area contributed by atoms with E-state index >= 15 is 0 Å². The Kier molecular flexibility index (Phi) is 5.45. The predicted octanol–water partition coefficient (Wildman–Crippen LogP) is 2.92. The third kappa shape index (κ3) is 4.08. The van der Waals surface area contributed by atoms with Crippen LogP contribution in [0, 0.1) is 0 Å². The Morgan fingerprint density at radius 2 is 2.10 bits per heavy atom. The van der Waals surface area contributed by atoms with Crippen LogP contribution in [0.5, 0.6) is 0 Å². The van der Waals surface area contributed by atoms with Crippen molar-refractivity contribution in [3.63, 3.8) is 0 Å². The van der Waals surface area contributed by atoms with E-state index in [0.29, 0.717) is 16.6 Å². The summed E-state index contributed by atoms with van der Waals surface area (Å²) in [6, 6.07) is 6.73. The minimum absolute atomic E-state index is 0.0412. The monoisotopic (exact) mass is 348 g/mol. The van der Waals surface area contributed by atoms with Crippen LogP contribution in [0.4, 0.5) is 0 Å². The Balaban J connectivity index is 2.11. The summed E-state index contributed by atoms with van der Waals surface area (Å²) in [7, 11) is -2.11. The van der Waals surface area contributed by atoms with E-state index in [1.165, 1.54) is 28.8 Å². The van der Waals surface area contributed by atoms with Gasteiger partial charge in [-0.25, -0.2) is 8.42 Å². The van der Waals surface area contributed by atoms with Crippen molar-refractivity contribution in [3.05, 3.63) is 39.2 Å². The molecule has 21 heavy (non-hydrogen) atoms. The predicted molar refractivity (Wildman–Crippen MR) is 84.1 cm³/mol. The number of nitrogens with one attached hydrogen (secondary N) is 1. The van der Waals surface area contributed by atoms with Crippen LogP contribution >= 0.6 is 22.9 Å². The van der Waals surface area contributed by atoms with Crippen LogP contribution in [0.2, 0.25) is 4.34 Å². The van der Waals surface area contributed by atoms with Crippen molar-refractivity contribution in [2.24, 2.45) is 0 Å². The number of thiophene rings is 1. The van der Waals surface area contributed by atoms with Crippen LogP contribution in [-0.2, 0) is 23.1 Å². The molecule has 0 saturated heterocycles. The van der Waals surface area contributed by atoms with E-state index in [1.807, 2.05) is 13.0 Å². The summed E-state index contributed by atoms with van der Waals surface area (Å²) in [6.07, 6.45) is 0. The van der Waals surface area contributed by atoms with Crippen molar-refractivity contribution >= 4 is 33.0 Å². The third-order valence-corrected chi connectivity index (χ3v) is 5.75. The Morgan fingerprint density at radius 3 is 2.71 bits per heavy atom. The van der Waals surface area contributed by atoms with E-state index in [-0.39, 0.29) is 11.6 Å². The standard InChI is InChI=1S/C13H17ClN2O3S2/c1-3-15-8-10-4-7-13(19-10)21(17,18)16(2)9-11-5-6-12(14)20-11/h4-7,15H,3,8-9H2,1-2H3. The molecule has 0 atom stereocenters. The first-order valence-electron chi connectivity index (χ1n) is 6.43. The molecule has 2 rings (SSSR count). The fourth-order valence-electron chi connectivity index (χ4n) is 1.73. The highest BCUT2D eigenvalue weighted by atomic mass is 35.5. The summed E-state index contributed by atoms with van der Waals surface area (Å²) in [6.45, 7) is 3.54. The normalized spacial score (nSPS) is 12.2. The highest BCUT2D eigenvalue weighted by molar-refractivity contribution is 7.88. The molecule has 0 amide bonds. The first kappa shape index (κ1) is 16.5. The molecule has 0 aromatic carbocycles. The topological polar surface area (TPSA) is 62.6 Å². The van der Waals surface area contributed by atoms with E-state index in [9.17, 15) is 8.42 Å². The summed E-state index contributed by atoms with van der Waals surface area (Å²) in [5.41, 5.74) is 0. The maximum absolute atomic E-state index is 12.4. The van der Waals surface area contributed by atoms with Gasteiger partial charge in [0.25, 0.3) is 10.0 Å². The van der Waals surface area contributed by atoms with E-state index in [0.717, 1.165) is 11.4 Å². The first-order valence-corrected chi connectivity index (χ1v) is 9.07. The number of rotatable bonds is 7. The maximum atomic E-state index is 12.4. The molecule has 0 bridgehead atoms. The van der Waals surface area contributed by atoms with E-state index in [1.54, 1.807) is 12.1 Å². The highest BCUT2D eigenvalue weighted by Gasteiger charge is 2.25. The molecule has 0 fully saturated rings. The minimum atomic E-state index is -3.63. The second-order valence-corrected chi connectivity index (χ2v) is 8.24. The summed E-state index contributed by atoms with van der Waals surface area (Å²) < 4.78 is 32.1. The number of hydrogen-bond acceptors (Lipinski definition) is 5. The molecule has 0 spiro atoms. The van der Waals surface area contributed by atoms with Gasteiger partial charge in [0.15, 0.2) is 0 Å². The molecule has 2 aromatic heterocycles. The zero-order chi connectivity index (χ0) is 15.5. The zero-order valence-corrected chi connectivity index (χ0v) is 14.2. The quantitative estimate of drug-likeness (QED) is 0.835. The first-order chi connectivity index (χ1) is 9.93. The number of sulfonamides is 1. The fraction of sp³-hybridized carbons (Fsp3) is 0.385. The van der Waals surface area contributed by atoms with Gasteiger partial charge < -0.3 is 9.73 Å². The number of halogens is 1. The van der Waals surface area contributed by atoms with Crippen molar-refractivity contribution in [3.8, 4) is 0 Å². The lowest BCUT2D eigenvalue weighted by Gasteiger charge is -2.14. The summed E-state index contributed by atoms with van der Waals surface area (Å²) in [5.74, 6) is 0.600. The average molecular weight is 349 g/mol. The Hall–Kier alpha value is -0.860. The van der Waals surface area contributed by atoms with Crippen LogP contribution < -0.4 is 5.32 Å². The molecule has 0 aliphatic rings. The van der Waals surface area contributed by atoms with Crippen molar-refractivity contribution in [1.29, 1.82) is 0 Å². The Labute approximate surface area is 133 Å². The van der Waals surface area contributed by atoms with Gasteiger partial charge in [-0.2, -0.15) is 4.31 Å². The van der Waals surface area contributed by atoms with Gasteiger partial charge in [0.05, 0.1) is 10.9 Å². The molecule has 8 heteroatoms. The van der Waals surface area contributed by atoms with Gasteiger partial charge in [-0.05, 0) is 30.8 Å². The molecular formula is C13H17ClN2O3S2. The Morgan fingerprint density at radius 1 is 1.33 bits per heavy atom. The summed E-state index contributed by atoms with van der Waals surface area (Å²) >= 11 is 7.21. The van der Waals surface area contributed by atoms with Crippen molar-refractivity contribution in [1.82, 2.24) is 9.62 Å². The van der Waals surface area contributed by atoms with Gasteiger partial charge in [-0.15, -0.1) is 11.3 Å². The fourth-order valence-corrected chi connectivity index (χ4v) is 4.03. The minimum Gasteiger partial charge on any atom is -0.447 e. The van der Waals surface area contributed by atoms with E-state index in [4.69, 9.17) is 16.0 Å². The van der Waals surface area contributed by atoms with Crippen LogP contribution in [0.1, 0.15) is 17.6 Å². The molecule has 0 saturated carbocycles. The van der Waals surface area contributed by atoms with Gasteiger partial charge in [0.2, 0.25) is 5.09 Å². The van der Waals surface area contributed by atoms with Crippen LogP contribution in [-0.4, -0.2) is 26.3 Å².